The predicted octanol–water partition coefficient (Wildman–Crippen LogP) is 0.0389. The molecule has 0 aromatic heterocycles. The van der Waals surface area contributed by atoms with Crippen LogP contribution in [0.25, 0.3) is 0 Å². The van der Waals surface area contributed by atoms with Crippen molar-refractivity contribution in [2.24, 2.45) is 0 Å². The maximum absolute atomic E-state index is 12.6. The molecule has 1 fully saturated rings. The number of β-lactam (4-membered cyclic amide) rings is 1. The highest BCUT2D eigenvalue weighted by Gasteiger charge is 2.54. The van der Waals surface area contributed by atoms with Crippen LogP contribution in [0.15, 0.2) is 29.5 Å². The predicted molar refractivity (Wildman–Crippen MR) is 111 cm³/mol. The van der Waals surface area contributed by atoms with Crippen molar-refractivity contribution in [2.45, 2.75) is 24.4 Å². The first-order valence-corrected chi connectivity index (χ1v) is 10.5. The molecule has 11 nitrogen and oxygen atoms in total. The number of carbonyl (C=O) groups is 4. The third-order valence-electron chi connectivity index (χ3n) is 4.97. The molecule has 2 aliphatic heterocycles. The Balaban J connectivity index is 1.73. The number of amides is 2. The van der Waals surface area contributed by atoms with Gasteiger partial charge in [0.05, 0.1) is 14.2 Å². The highest BCUT2D eigenvalue weighted by atomic mass is 32.2. The van der Waals surface area contributed by atoms with Crippen LogP contribution < -0.4 is 14.8 Å². The second-order valence-corrected chi connectivity index (χ2v) is 8.06. The highest BCUT2D eigenvalue weighted by Crippen LogP contribution is 2.40. The van der Waals surface area contributed by atoms with E-state index >= 15 is 0 Å². The Morgan fingerprint density at radius 2 is 1.94 bits per heavy atom. The van der Waals surface area contributed by atoms with Gasteiger partial charge in [-0.25, -0.2) is 4.79 Å². The normalized spacial score (nSPS) is 20.6. The van der Waals surface area contributed by atoms with Gasteiger partial charge in [0.2, 0.25) is 0 Å². The first kappa shape index (κ1) is 23.4. The lowest BCUT2D eigenvalue weighted by atomic mass is 10.0. The number of fused-ring (bicyclic) bond motifs is 1. The number of carbonyl (C=O) groups excluding carboxylic acids is 3. The summed E-state index contributed by atoms with van der Waals surface area (Å²) in [5, 5.41) is 21.8. The number of benzene rings is 1. The second kappa shape index (κ2) is 9.49. The first-order valence-electron chi connectivity index (χ1n) is 9.43. The Bertz CT molecular complexity index is 993. The van der Waals surface area contributed by atoms with Gasteiger partial charge < -0.3 is 29.7 Å². The SMILES string of the molecule is COc1ccc(C(O)C(=O)N[C@@H]2C(=O)N3C(C(=O)O)=C(COC(C)=O)CS[C@H]23)cc1OC. The summed E-state index contributed by atoms with van der Waals surface area (Å²) in [4.78, 5) is 49.1. The number of aliphatic hydroxyl groups excluding tert-OH is 1. The van der Waals surface area contributed by atoms with Gasteiger partial charge in [0, 0.05) is 18.2 Å². The zero-order chi connectivity index (χ0) is 23.6. The number of nitrogens with one attached hydrogen (secondary N) is 1. The molecule has 0 saturated carbocycles. The van der Waals surface area contributed by atoms with Crippen molar-refractivity contribution in [2.75, 3.05) is 26.6 Å². The molecule has 12 heteroatoms. The number of methoxy groups -OCH3 is 2. The molecule has 3 N–H and O–H groups in total. The molecular formula is C20H22N2O9S. The molecule has 172 valence electrons. The molecule has 2 heterocycles. The van der Waals surface area contributed by atoms with Gasteiger partial charge in [0.15, 0.2) is 17.6 Å². The lowest BCUT2D eigenvalue weighted by molar-refractivity contribution is -0.152. The van der Waals surface area contributed by atoms with Gasteiger partial charge in [-0.15, -0.1) is 11.8 Å². The van der Waals surface area contributed by atoms with E-state index in [2.05, 4.69) is 5.32 Å². The molecule has 0 radical (unpaired) electrons. The lowest BCUT2D eigenvalue weighted by Gasteiger charge is -2.49. The molecule has 1 unspecified atom stereocenters. The third-order valence-corrected chi connectivity index (χ3v) is 6.31. The number of nitrogens with zero attached hydrogens (tertiary/aromatic N) is 1. The zero-order valence-electron chi connectivity index (χ0n) is 17.5. The van der Waals surface area contributed by atoms with Crippen molar-refractivity contribution >= 4 is 35.5 Å². The Labute approximate surface area is 187 Å². The number of aliphatic carboxylic acids is 1. The van der Waals surface area contributed by atoms with E-state index < -0.39 is 41.3 Å². The molecule has 3 atom stereocenters. The van der Waals surface area contributed by atoms with Crippen molar-refractivity contribution in [1.82, 2.24) is 10.2 Å². The van der Waals surface area contributed by atoms with E-state index in [-0.39, 0.29) is 29.2 Å². The fourth-order valence-corrected chi connectivity index (χ4v) is 4.72. The summed E-state index contributed by atoms with van der Waals surface area (Å²) in [7, 11) is 2.87. The number of aliphatic hydroxyl groups is 1. The van der Waals surface area contributed by atoms with Crippen LogP contribution in [0.2, 0.25) is 0 Å². The second-order valence-electron chi connectivity index (χ2n) is 6.95. The van der Waals surface area contributed by atoms with E-state index in [0.717, 1.165) is 4.90 Å². The van der Waals surface area contributed by atoms with Crippen LogP contribution in [0.1, 0.15) is 18.6 Å². The summed E-state index contributed by atoms with van der Waals surface area (Å²) in [5.41, 5.74) is 0.262. The maximum Gasteiger partial charge on any atom is 0.352 e. The fraction of sp³-hybridized carbons (Fsp3) is 0.400. The van der Waals surface area contributed by atoms with Crippen LogP contribution in [-0.2, 0) is 23.9 Å². The molecule has 3 rings (SSSR count). The molecule has 0 bridgehead atoms. The van der Waals surface area contributed by atoms with E-state index in [1.165, 1.54) is 51.1 Å². The fourth-order valence-electron chi connectivity index (χ4n) is 3.39. The number of esters is 1. The number of hydrogen-bond acceptors (Lipinski definition) is 9. The maximum atomic E-state index is 12.6. The van der Waals surface area contributed by atoms with Crippen LogP contribution in [-0.4, -0.2) is 76.9 Å². The van der Waals surface area contributed by atoms with Crippen LogP contribution in [0.3, 0.4) is 0 Å². The number of carboxylic acids is 1. The summed E-state index contributed by atoms with van der Waals surface area (Å²) >= 11 is 1.23. The van der Waals surface area contributed by atoms with E-state index in [1.807, 2.05) is 0 Å². The molecular weight excluding hydrogens is 444 g/mol. The summed E-state index contributed by atoms with van der Waals surface area (Å²) in [6.45, 7) is 0.958. The molecule has 1 saturated heterocycles. The Morgan fingerprint density at radius 1 is 1.25 bits per heavy atom. The van der Waals surface area contributed by atoms with Crippen molar-refractivity contribution in [3.63, 3.8) is 0 Å². The van der Waals surface area contributed by atoms with Gasteiger partial charge in [-0.1, -0.05) is 6.07 Å². The lowest BCUT2D eigenvalue weighted by Crippen LogP contribution is -2.71. The number of thioether (sulfide) groups is 1. The van der Waals surface area contributed by atoms with E-state index in [9.17, 15) is 29.4 Å². The molecule has 1 aromatic rings. The Kier molecular flexibility index (Phi) is 6.94. The van der Waals surface area contributed by atoms with Gasteiger partial charge in [0.1, 0.15) is 23.7 Å². The minimum atomic E-state index is -1.58. The van der Waals surface area contributed by atoms with Gasteiger partial charge in [-0.05, 0) is 17.7 Å². The van der Waals surface area contributed by atoms with Gasteiger partial charge in [-0.2, -0.15) is 0 Å². The number of ether oxygens (including phenoxy) is 3. The summed E-state index contributed by atoms with van der Waals surface area (Å²) < 4.78 is 15.2. The molecule has 1 aromatic carbocycles. The molecule has 0 aliphatic carbocycles. The monoisotopic (exact) mass is 466 g/mol. The smallest absolute Gasteiger partial charge is 0.352 e. The summed E-state index contributed by atoms with van der Waals surface area (Å²) in [6, 6.07) is 3.46. The standard InChI is InChI=1S/C20H22N2O9S/c1-9(23)31-7-11-8-32-19-14(18(26)22(19)15(11)20(27)28)21-17(25)16(24)10-4-5-12(29-2)13(6-10)30-3/h4-6,14,16,19,24H,7-8H2,1-3H3,(H,21,25)(H,27,28)/t14-,16?,19-/m1/s1. The first-order chi connectivity index (χ1) is 15.2. The van der Waals surface area contributed by atoms with E-state index in [1.54, 1.807) is 0 Å². The molecule has 0 spiro atoms. The number of rotatable bonds is 8. The molecule has 2 amide bonds. The quantitative estimate of drug-likeness (QED) is 0.354. The van der Waals surface area contributed by atoms with Gasteiger partial charge in [0.25, 0.3) is 11.8 Å². The van der Waals surface area contributed by atoms with Crippen LogP contribution >= 0.6 is 11.8 Å². The average Bonchev–Trinajstić information content (AvgIpc) is 2.78. The molecule has 32 heavy (non-hydrogen) atoms. The van der Waals surface area contributed by atoms with Gasteiger partial charge >= 0.3 is 11.9 Å². The van der Waals surface area contributed by atoms with Crippen LogP contribution in [0.5, 0.6) is 11.5 Å². The molecule has 2 aliphatic rings. The minimum absolute atomic E-state index is 0.202. The highest BCUT2D eigenvalue weighted by molar-refractivity contribution is 8.00. The topological polar surface area (TPSA) is 152 Å². The third kappa shape index (κ3) is 4.36. The summed E-state index contributed by atoms with van der Waals surface area (Å²) in [6.07, 6.45) is -1.58. The van der Waals surface area contributed by atoms with Crippen LogP contribution in [0.4, 0.5) is 0 Å². The van der Waals surface area contributed by atoms with Crippen molar-refractivity contribution in [3.05, 3.63) is 35.0 Å². The van der Waals surface area contributed by atoms with E-state index in [0.29, 0.717) is 11.5 Å². The zero-order valence-corrected chi connectivity index (χ0v) is 18.3. The van der Waals surface area contributed by atoms with Crippen LogP contribution in [0, 0.1) is 0 Å². The van der Waals surface area contributed by atoms with Crippen molar-refractivity contribution in [3.8, 4) is 11.5 Å². The number of hydrogen-bond donors (Lipinski definition) is 3. The minimum Gasteiger partial charge on any atom is -0.493 e. The summed E-state index contributed by atoms with van der Waals surface area (Å²) in [5.74, 6) is -2.41. The number of carboxylic acid groups (broad SMARTS) is 1. The van der Waals surface area contributed by atoms with Crippen molar-refractivity contribution in [1.29, 1.82) is 0 Å². The Hall–Kier alpha value is -3.25. The largest absolute Gasteiger partial charge is 0.493 e. The Morgan fingerprint density at radius 3 is 2.53 bits per heavy atom. The van der Waals surface area contributed by atoms with Crippen molar-refractivity contribution < 1.29 is 43.6 Å². The van der Waals surface area contributed by atoms with E-state index in [4.69, 9.17) is 14.2 Å². The average molecular weight is 466 g/mol. The van der Waals surface area contributed by atoms with Gasteiger partial charge in [-0.3, -0.25) is 19.3 Å².